The molecule has 0 amide bonds. The molecule has 0 aliphatic rings. The summed E-state index contributed by atoms with van der Waals surface area (Å²) in [6.45, 7) is 4.52. The number of rotatable bonds is 7. The van der Waals surface area contributed by atoms with E-state index in [0.717, 1.165) is 23.4 Å². The summed E-state index contributed by atoms with van der Waals surface area (Å²) in [5.74, 6) is 0.766. The highest BCUT2D eigenvalue weighted by molar-refractivity contribution is 7.71. The molecule has 0 saturated carbocycles. The Morgan fingerprint density at radius 2 is 1.84 bits per heavy atom. The molecule has 0 unspecified atom stereocenters. The van der Waals surface area contributed by atoms with Crippen molar-refractivity contribution in [2.75, 3.05) is 0 Å². The fourth-order valence-electron chi connectivity index (χ4n) is 3.72. The third kappa shape index (κ3) is 4.31. The average Bonchev–Trinajstić information content (AvgIpc) is 3.26. The van der Waals surface area contributed by atoms with Gasteiger partial charge in [0, 0.05) is 12.1 Å². The number of hydrogen-bond donors (Lipinski definition) is 1. The van der Waals surface area contributed by atoms with Crippen LogP contribution >= 0.6 is 12.2 Å². The molecule has 31 heavy (non-hydrogen) atoms. The number of hydrogen-bond acceptors (Lipinski definition) is 5. The van der Waals surface area contributed by atoms with Crippen LogP contribution in [0.2, 0.25) is 0 Å². The Kier molecular flexibility index (Phi) is 5.77. The van der Waals surface area contributed by atoms with Gasteiger partial charge in [0.25, 0.3) is 0 Å². The molecule has 0 saturated heterocycles. The van der Waals surface area contributed by atoms with Crippen LogP contribution in [0.15, 0.2) is 54.6 Å². The molecule has 0 radical (unpaired) electrons. The second-order valence-corrected chi connectivity index (χ2v) is 7.76. The van der Waals surface area contributed by atoms with Gasteiger partial charge in [-0.1, -0.05) is 48.5 Å². The lowest BCUT2D eigenvalue weighted by Crippen LogP contribution is -2.06. The van der Waals surface area contributed by atoms with E-state index in [1.165, 1.54) is 5.56 Å². The third-order valence-corrected chi connectivity index (χ3v) is 5.58. The van der Waals surface area contributed by atoms with Crippen LogP contribution in [-0.4, -0.2) is 29.5 Å². The standard InChI is InChI=1S/C22H22N6O2S/c1-15-20(28(29)30)16(2)27(25-15)14-18-9-6-10-19(13-18)21-23-24-22(31)26(21)12-11-17-7-4-3-5-8-17/h3-10,13H,11-12,14H2,1-2H3,(H,24,31). The monoisotopic (exact) mass is 434 g/mol. The summed E-state index contributed by atoms with van der Waals surface area (Å²) in [5, 5.41) is 23.0. The largest absolute Gasteiger partial charge is 0.312 e. The van der Waals surface area contributed by atoms with E-state index in [9.17, 15) is 10.1 Å². The van der Waals surface area contributed by atoms with Crippen LogP contribution in [-0.2, 0) is 19.5 Å². The molecule has 158 valence electrons. The topological polar surface area (TPSA) is 94.6 Å². The van der Waals surface area contributed by atoms with Crippen molar-refractivity contribution < 1.29 is 4.92 Å². The Balaban J connectivity index is 1.60. The van der Waals surface area contributed by atoms with Crippen molar-refractivity contribution in [1.82, 2.24) is 24.5 Å². The maximum absolute atomic E-state index is 11.3. The highest BCUT2D eigenvalue weighted by Gasteiger charge is 2.21. The molecular weight excluding hydrogens is 412 g/mol. The predicted molar refractivity (Wildman–Crippen MR) is 120 cm³/mol. The van der Waals surface area contributed by atoms with Crippen LogP contribution in [0.1, 0.15) is 22.5 Å². The third-order valence-electron chi connectivity index (χ3n) is 5.27. The molecular formula is C22H22N6O2S. The number of aromatic amines is 1. The van der Waals surface area contributed by atoms with Crippen molar-refractivity contribution in [2.45, 2.75) is 33.4 Å². The second kappa shape index (κ2) is 8.65. The maximum Gasteiger partial charge on any atom is 0.312 e. The van der Waals surface area contributed by atoms with E-state index in [1.807, 2.05) is 47.0 Å². The van der Waals surface area contributed by atoms with E-state index in [4.69, 9.17) is 12.2 Å². The van der Waals surface area contributed by atoms with E-state index in [1.54, 1.807) is 18.5 Å². The first-order chi connectivity index (χ1) is 14.9. The van der Waals surface area contributed by atoms with Crippen LogP contribution in [0.5, 0.6) is 0 Å². The van der Waals surface area contributed by atoms with Gasteiger partial charge in [0.15, 0.2) is 10.6 Å². The van der Waals surface area contributed by atoms with Gasteiger partial charge in [0.2, 0.25) is 0 Å². The van der Waals surface area contributed by atoms with Crippen molar-refractivity contribution in [3.05, 3.63) is 92.0 Å². The van der Waals surface area contributed by atoms with Gasteiger partial charge in [-0.15, -0.1) is 0 Å². The van der Waals surface area contributed by atoms with Crippen LogP contribution in [0.3, 0.4) is 0 Å². The lowest BCUT2D eigenvalue weighted by molar-refractivity contribution is -0.386. The van der Waals surface area contributed by atoms with Crippen LogP contribution < -0.4 is 0 Å². The zero-order valence-electron chi connectivity index (χ0n) is 17.3. The van der Waals surface area contributed by atoms with Crippen LogP contribution in [0, 0.1) is 28.7 Å². The molecule has 4 rings (SSSR count). The molecule has 2 aromatic heterocycles. The van der Waals surface area contributed by atoms with Crippen LogP contribution in [0.25, 0.3) is 11.4 Å². The van der Waals surface area contributed by atoms with Gasteiger partial charge in [-0.25, -0.2) is 0 Å². The number of aryl methyl sites for hydroxylation is 2. The van der Waals surface area contributed by atoms with E-state index in [-0.39, 0.29) is 10.6 Å². The second-order valence-electron chi connectivity index (χ2n) is 7.37. The van der Waals surface area contributed by atoms with Crippen molar-refractivity contribution in [2.24, 2.45) is 0 Å². The fraction of sp³-hybridized carbons (Fsp3) is 0.227. The SMILES string of the molecule is Cc1nn(Cc2cccc(-c3n[nH]c(=S)n3CCc3ccccc3)c2)c(C)c1[N+](=O)[O-]. The number of nitrogens with zero attached hydrogens (tertiary/aromatic N) is 5. The minimum atomic E-state index is -0.380. The van der Waals surface area contributed by atoms with E-state index in [0.29, 0.717) is 29.2 Å². The van der Waals surface area contributed by atoms with Gasteiger partial charge in [-0.3, -0.25) is 24.5 Å². The van der Waals surface area contributed by atoms with Gasteiger partial charge < -0.3 is 0 Å². The lowest BCUT2D eigenvalue weighted by Gasteiger charge is -2.09. The molecule has 2 heterocycles. The Morgan fingerprint density at radius 1 is 1.10 bits per heavy atom. The number of benzene rings is 2. The van der Waals surface area contributed by atoms with Crippen molar-refractivity contribution >= 4 is 17.9 Å². The number of aromatic nitrogens is 5. The van der Waals surface area contributed by atoms with Gasteiger partial charge >= 0.3 is 5.69 Å². The predicted octanol–water partition coefficient (Wildman–Crippen LogP) is 4.62. The van der Waals surface area contributed by atoms with Gasteiger partial charge in [0.1, 0.15) is 11.4 Å². The maximum atomic E-state index is 11.3. The summed E-state index contributed by atoms with van der Waals surface area (Å²) < 4.78 is 4.24. The first kappa shape index (κ1) is 20.7. The van der Waals surface area contributed by atoms with E-state index < -0.39 is 0 Å². The lowest BCUT2D eigenvalue weighted by atomic mass is 10.1. The number of nitro groups is 1. The van der Waals surface area contributed by atoms with Crippen molar-refractivity contribution in [3.8, 4) is 11.4 Å². The van der Waals surface area contributed by atoms with Gasteiger partial charge in [-0.2, -0.15) is 10.2 Å². The van der Waals surface area contributed by atoms with Crippen molar-refractivity contribution in [1.29, 1.82) is 0 Å². The number of nitrogens with one attached hydrogen (secondary N) is 1. The molecule has 0 fully saturated rings. The summed E-state index contributed by atoms with van der Waals surface area (Å²) in [7, 11) is 0. The average molecular weight is 435 g/mol. The molecule has 8 nitrogen and oxygen atoms in total. The normalized spacial score (nSPS) is 11.0. The zero-order chi connectivity index (χ0) is 22.0. The fourth-order valence-corrected chi connectivity index (χ4v) is 3.94. The quantitative estimate of drug-likeness (QED) is 0.260. The summed E-state index contributed by atoms with van der Waals surface area (Å²) in [4.78, 5) is 10.9. The molecule has 4 aromatic rings. The summed E-state index contributed by atoms with van der Waals surface area (Å²) in [6, 6.07) is 18.2. The molecule has 9 heteroatoms. The number of H-pyrrole nitrogens is 1. The van der Waals surface area contributed by atoms with Gasteiger partial charge in [0.05, 0.1) is 11.5 Å². The van der Waals surface area contributed by atoms with Crippen molar-refractivity contribution in [3.63, 3.8) is 0 Å². The molecule has 2 aromatic carbocycles. The van der Waals surface area contributed by atoms with Crippen LogP contribution in [0.4, 0.5) is 5.69 Å². The Morgan fingerprint density at radius 3 is 2.55 bits per heavy atom. The summed E-state index contributed by atoms with van der Waals surface area (Å²) in [5.41, 5.74) is 4.16. The Hall–Kier alpha value is -3.59. The minimum absolute atomic E-state index is 0.0676. The Bertz CT molecular complexity index is 1290. The molecule has 0 aliphatic heterocycles. The smallest absolute Gasteiger partial charge is 0.300 e. The first-order valence-corrected chi connectivity index (χ1v) is 10.3. The van der Waals surface area contributed by atoms with Gasteiger partial charge in [-0.05, 0) is 49.7 Å². The minimum Gasteiger partial charge on any atom is -0.300 e. The summed E-state index contributed by atoms with van der Waals surface area (Å²) >= 11 is 5.45. The highest BCUT2D eigenvalue weighted by atomic mass is 32.1. The molecule has 0 bridgehead atoms. The highest BCUT2D eigenvalue weighted by Crippen LogP contribution is 2.24. The first-order valence-electron chi connectivity index (χ1n) is 9.91. The molecule has 0 atom stereocenters. The Labute approximate surface area is 184 Å². The summed E-state index contributed by atoms with van der Waals surface area (Å²) in [6.07, 6.45) is 0.844. The zero-order valence-corrected chi connectivity index (χ0v) is 18.1. The molecule has 0 aliphatic carbocycles. The van der Waals surface area contributed by atoms with E-state index >= 15 is 0 Å². The van der Waals surface area contributed by atoms with E-state index in [2.05, 4.69) is 27.4 Å². The molecule has 0 spiro atoms. The molecule has 1 N–H and O–H groups in total.